The lowest BCUT2D eigenvalue weighted by Crippen LogP contribution is -2.04. The Balaban J connectivity index is 2.63. The van der Waals surface area contributed by atoms with Gasteiger partial charge in [0.2, 0.25) is 0 Å². The van der Waals surface area contributed by atoms with Crippen LogP contribution in [0, 0.1) is 35.3 Å². The molecule has 0 amide bonds. The molecular weight excluding hydrogens is 234 g/mol. The fraction of sp³-hybridized carbons (Fsp3) is 0.182. The molecule has 0 fully saturated rings. The zero-order valence-electron chi connectivity index (χ0n) is 9.78. The molecule has 0 radical (unpaired) electrons. The molecule has 90 valence electrons. The molecule has 2 heterocycles. The van der Waals surface area contributed by atoms with Crippen LogP contribution in [-0.2, 0) is 0 Å². The minimum atomic E-state index is -0.543. The van der Waals surface area contributed by atoms with Crippen LogP contribution in [0.15, 0.2) is 18.5 Å². The van der Waals surface area contributed by atoms with E-state index in [0.717, 1.165) is 17.5 Å². The monoisotopic (exact) mass is 243 g/mol. The van der Waals surface area contributed by atoms with E-state index in [1.165, 1.54) is 10.9 Å². The highest BCUT2D eigenvalue weighted by Crippen LogP contribution is 2.18. The van der Waals surface area contributed by atoms with Crippen molar-refractivity contribution in [1.82, 2.24) is 14.8 Å². The maximum Gasteiger partial charge on any atom is 0.307 e. The summed E-state index contributed by atoms with van der Waals surface area (Å²) < 4.78 is 1.25. The fourth-order valence-corrected chi connectivity index (χ4v) is 1.64. The number of nitriles is 1. The summed E-state index contributed by atoms with van der Waals surface area (Å²) in [7, 11) is 0. The number of rotatable bonds is 2. The smallest absolute Gasteiger partial charge is 0.258 e. The number of aromatic nitrogens is 3. The molecule has 7 heteroatoms. The van der Waals surface area contributed by atoms with Gasteiger partial charge in [-0.15, -0.1) is 0 Å². The lowest BCUT2D eigenvalue weighted by atomic mass is 10.1. The zero-order chi connectivity index (χ0) is 13.3. The Kier molecular flexibility index (Phi) is 2.77. The first-order valence-electron chi connectivity index (χ1n) is 5.10. The number of hydrogen-bond acceptors (Lipinski definition) is 5. The van der Waals surface area contributed by atoms with Crippen molar-refractivity contribution in [3.63, 3.8) is 0 Å². The molecule has 0 aliphatic heterocycles. The predicted molar refractivity (Wildman–Crippen MR) is 62.2 cm³/mol. The van der Waals surface area contributed by atoms with Crippen LogP contribution in [-0.4, -0.2) is 19.7 Å². The maximum atomic E-state index is 10.6. The Morgan fingerprint density at radius 3 is 2.78 bits per heavy atom. The van der Waals surface area contributed by atoms with Gasteiger partial charge in [0, 0.05) is 5.69 Å². The normalized spacial score (nSPS) is 10.1. The summed E-state index contributed by atoms with van der Waals surface area (Å²) in [5.74, 6) is 0.308. The van der Waals surface area contributed by atoms with Gasteiger partial charge in [0.05, 0.1) is 10.5 Å². The second-order valence-electron chi connectivity index (χ2n) is 3.79. The van der Waals surface area contributed by atoms with E-state index in [9.17, 15) is 10.1 Å². The third kappa shape index (κ3) is 1.91. The van der Waals surface area contributed by atoms with E-state index in [1.54, 1.807) is 19.9 Å². The topological polar surface area (TPSA) is 97.6 Å². The molecule has 0 spiro atoms. The molecule has 0 aliphatic carbocycles. The average molecular weight is 243 g/mol. The van der Waals surface area contributed by atoms with Crippen molar-refractivity contribution in [3.05, 3.63) is 45.4 Å². The second kappa shape index (κ2) is 4.25. The summed E-state index contributed by atoms with van der Waals surface area (Å²) in [6, 6.07) is 3.81. The van der Waals surface area contributed by atoms with Crippen LogP contribution in [0.25, 0.3) is 5.82 Å². The van der Waals surface area contributed by atoms with Gasteiger partial charge in [-0.3, -0.25) is 10.1 Å². The van der Waals surface area contributed by atoms with E-state index in [2.05, 4.69) is 10.1 Å². The van der Waals surface area contributed by atoms with Gasteiger partial charge in [0.1, 0.15) is 18.5 Å². The summed E-state index contributed by atoms with van der Waals surface area (Å²) in [6.45, 7) is 3.57. The number of pyridine rings is 1. The first kappa shape index (κ1) is 11.7. The molecule has 0 atom stereocenters. The number of hydrogen-bond donors (Lipinski definition) is 0. The number of nitrogens with zero attached hydrogens (tertiary/aromatic N) is 5. The van der Waals surface area contributed by atoms with Crippen LogP contribution < -0.4 is 0 Å². The highest BCUT2D eigenvalue weighted by atomic mass is 16.6. The number of aryl methyl sites for hydroxylation is 2. The zero-order valence-corrected chi connectivity index (χ0v) is 9.78. The van der Waals surface area contributed by atoms with E-state index in [0.29, 0.717) is 11.4 Å². The van der Waals surface area contributed by atoms with E-state index in [4.69, 9.17) is 5.26 Å². The van der Waals surface area contributed by atoms with Gasteiger partial charge < -0.3 is 0 Å². The summed E-state index contributed by atoms with van der Waals surface area (Å²) >= 11 is 0. The molecular formula is C11H9N5O2. The maximum absolute atomic E-state index is 10.6. The minimum Gasteiger partial charge on any atom is -0.258 e. The van der Waals surface area contributed by atoms with E-state index < -0.39 is 4.92 Å². The lowest BCUT2D eigenvalue weighted by molar-refractivity contribution is -0.384. The molecule has 2 aromatic heterocycles. The van der Waals surface area contributed by atoms with Crippen LogP contribution in [0.1, 0.15) is 16.8 Å². The number of nitro groups is 1. The predicted octanol–water partition coefficient (Wildman–Crippen LogP) is 1.66. The van der Waals surface area contributed by atoms with E-state index in [1.807, 2.05) is 6.07 Å². The van der Waals surface area contributed by atoms with Gasteiger partial charge in [-0.1, -0.05) is 0 Å². The van der Waals surface area contributed by atoms with Crippen molar-refractivity contribution in [2.24, 2.45) is 0 Å². The van der Waals surface area contributed by atoms with E-state index >= 15 is 0 Å². The molecule has 0 aromatic carbocycles. The third-order valence-electron chi connectivity index (χ3n) is 2.43. The van der Waals surface area contributed by atoms with Crippen molar-refractivity contribution in [2.45, 2.75) is 13.8 Å². The van der Waals surface area contributed by atoms with Crippen LogP contribution in [0.2, 0.25) is 0 Å². The average Bonchev–Trinajstić information content (AvgIpc) is 2.77. The van der Waals surface area contributed by atoms with Gasteiger partial charge in [-0.25, -0.2) is 9.67 Å². The minimum absolute atomic E-state index is 0.139. The highest BCUT2D eigenvalue weighted by molar-refractivity contribution is 5.49. The van der Waals surface area contributed by atoms with Crippen LogP contribution in [0.5, 0.6) is 0 Å². The Bertz CT molecular complexity index is 669. The van der Waals surface area contributed by atoms with Gasteiger partial charge >= 0.3 is 5.69 Å². The summed E-state index contributed by atoms with van der Waals surface area (Å²) in [6.07, 6.45) is 2.36. The largest absolute Gasteiger partial charge is 0.307 e. The molecule has 0 aliphatic rings. The Labute approximate surface area is 102 Å². The standard InChI is InChI=1S/C11H9N5O2/c1-7-3-8(2)14-11(10(7)4-12)15-6-9(5-13-15)16(17)18/h3,5-6H,1-2H3. The van der Waals surface area contributed by atoms with Crippen molar-refractivity contribution >= 4 is 5.69 Å². The molecule has 0 bridgehead atoms. The first-order valence-corrected chi connectivity index (χ1v) is 5.10. The third-order valence-corrected chi connectivity index (χ3v) is 2.43. The van der Waals surface area contributed by atoms with Crippen LogP contribution in [0.4, 0.5) is 5.69 Å². The summed E-state index contributed by atoms with van der Waals surface area (Å²) in [4.78, 5) is 14.3. The van der Waals surface area contributed by atoms with Gasteiger partial charge in [-0.2, -0.15) is 10.4 Å². The van der Waals surface area contributed by atoms with Gasteiger partial charge in [0.25, 0.3) is 0 Å². The molecule has 0 N–H and O–H groups in total. The quantitative estimate of drug-likeness (QED) is 0.590. The molecule has 2 rings (SSSR count). The van der Waals surface area contributed by atoms with Crippen molar-refractivity contribution in [3.8, 4) is 11.9 Å². The SMILES string of the molecule is Cc1cc(C)c(C#N)c(-n2cc([N+](=O)[O-])cn2)n1. The lowest BCUT2D eigenvalue weighted by Gasteiger charge is -2.06. The van der Waals surface area contributed by atoms with Crippen LogP contribution >= 0.6 is 0 Å². The van der Waals surface area contributed by atoms with Crippen molar-refractivity contribution in [1.29, 1.82) is 5.26 Å². The molecule has 0 saturated heterocycles. The fourth-order valence-electron chi connectivity index (χ4n) is 1.64. The summed E-state index contributed by atoms with van der Waals surface area (Å²) in [5, 5.41) is 23.6. The molecule has 2 aromatic rings. The van der Waals surface area contributed by atoms with Gasteiger partial charge in [0.15, 0.2) is 5.82 Å². The molecule has 0 unspecified atom stereocenters. The highest BCUT2D eigenvalue weighted by Gasteiger charge is 2.15. The summed E-state index contributed by atoms with van der Waals surface area (Å²) in [5.41, 5.74) is 1.70. The van der Waals surface area contributed by atoms with Crippen molar-refractivity contribution in [2.75, 3.05) is 0 Å². The molecule has 0 saturated carbocycles. The first-order chi connectivity index (χ1) is 8.52. The second-order valence-corrected chi connectivity index (χ2v) is 3.79. The Morgan fingerprint density at radius 1 is 1.50 bits per heavy atom. The molecule has 18 heavy (non-hydrogen) atoms. The van der Waals surface area contributed by atoms with Gasteiger partial charge in [-0.05, 0) is 25.5 Å². The Hall–Kier alpha value is -2.75. The van der Waals surface area contributed by atoms with Crippen molar-refractivity contribution < 1.29 is 4.92 Å². The Morgan fingerprint density at radius 2 is 2.22 bits per heavy atom. The van der Waals surface area contributed by atoms with E-state index in [-0.39, 0.29) is 5.69 Å². The van der Waals surface area contributed by atoms with Crippen LogP contribution in [0.3, 0.4) is 0 Å². The molecule has 7 nitrogen and oxygen atoms in total.